The van der Waals surface area contributed by atoms with Crippen LogP contribution in [0.1, 0.15) is 78.1 Å². The number of hydrogen-bond donors (Lipinski definition) is 1. The zero-order valence-electron chi connectivity index (χ0n) is 17.1. The van der Waals surface area contributed by atoms with E-state index < -0.39 is 0 Å². The number of carbonyl (C=O) groups excluding carboxylic acids is 1. The quantitative estimate of drug-likeness (QED) is 0.565. The third-order valence-electron chi connectivity index (χ3n) is 8.56. The van der Waals surface area contributed by atoms with Gasteiger partial charge in [0.25, 0.3) is 0 Å². The molecule has 0 aromatic carbocycles. The van der Waals surface area contributed by atoms with Gasteiger partial charge in [-0.15, -0.1) is 0 Å². The maximum Gasteiger partial charge on any atom is 0.139 e. The van der Waals surface area contributed by atoms with E-state index in [9.17, 15) is 4.79 Å². The van der Waals surface area contributed by atoms with E-state index in [2.05, 4.69) is 25.1 Å². The first-order chi connectivity index (χ1) is 13.0. The molecule has 0 saturated heterocycles. The summed E-state index contributed by atoms with van der Waals surface area (Å²) < 4.78 is 0. The SMILES string of the molecule is C[C@]12CCC(=NOCCCCN)C=C1CCC1C2CC[C@]2(C)C(=O)CCC12. The zero-order chi connectivity index (χ0) is 19.1. The average molecular weight is 373 g/mol. The summed E-state index contributed by atoms with van der Waals surface area (Å²) in [4.78, 5) is 18.1. The number of nitrogens with zero attached hydrogens (tertiary/aromatic N) is 1. The van der Waals surface area contributed by atoms with Crippen molar-refractivity contribution in [2.24, 2.45) is 39.5 Å². The second-order valence-corrected chi connectivity index (χ2v) is 9.83. The maximum absolute atomic E-state index is 12.5. The van der Waals surface area contributed by atoms with Crippen LogP contribution in [0.5, 0.6) is 0 Å². The molecule has 0 spiro atoms. The van der Waals surface area contributed by atoms with Gasteiger partial charge < -0.3 is 10.6 Å². The Morgan fingerprint density at radius 3 is 2.70 bits per heavy atom. The number of allylic oxidation sites excluding steroid dienone is 2. The number of rotatable bonds is 5. The molecule has 0 radical (unpaired) electrons. The monoisotopic (exact) mass is 372 g/mol. The summed E-state index contributed by atoms with van der Waals surface area (Å²) >= 11 is 0. The highest BCUT2D eigenvalue weighted by atomic mass is 16.6. The summed E-state index contributed by atoms with van der Waals surface area (Å²) in [5.41, 5.74) is 8.51. The molecule has 0 aliphatic heterocycles. The molecular formula is C23H36N2O2. The van der Waals surface area contributed by atoms with Gasteiger partial charge in [0.15, 0.2) is 0 Å². The third-order valence-corrected chi connectivity index (χ3v) is 8.56. The van der Waals surface area contributed by atoms with E-state index in [1.165, 1.54) is 25.7 Å². The second-order valence-electron chi connectivity index (χ2n) is 9.83. The van der Waals surface area contributed by atoms with Crippen molar-refractivity contribution in [3.63, 3.8) is 0 Å². The lowest BCUT2D eigenvalue weighted by atomic mass is 9.47. The number of hydrogen-bond acceptors (Lipinski definition) is 4. The Morgan fingerprint density at radius 2 is 1.89 bits per heavy atom. The van der Waals surface area contributed by atoms with E-state index in [0.717, 1.165) is 62.6 Å². The fourth-order valence-electron chi connectivity index (χ4n) is 6.85. The van der Waals surface area contributed by atoms with Crippen LogP contribution in [-0.2, 0) is 9.63 Å². The molecule has 0 amide bonds. The van der Waals surface area contributed by atoms with E-state index in [4.69, 9.17) is 10.6 Å². The number of nitrogens with two attached hydrogens (primary N) is 1. The standard InChI is InChI=1S/C23H36N2O2/c1-22-11-9-17(25-27-14-4-3-13-24)15-16(22)5-6-18-19-7-8-21(26)23(19,2)12-10-20(18)22/h15,18-20H,3-14,24H2,1-2H3/t18?,19?,20?,22-,23-/m0/s1. The summed E-state index contributed by atoms with van der Waals surface area (Å²) in [7, 11) is 0. The van der Waals surface area contributed by atoms with Gasteiger partial charge in [0, 0.05) is 11.8 Å². The summed E-state index contributed by atoms with van der Waals surface area (Å²) in [5, 5.41) is 4.41. The lowest BCUT2D eigenvalue weighted by Gasteiger charge is -2.57. The molecule has 0 bridgehead atoms. The minimum Gasteiger partial charge on any atom is -0.396 e. The van der Waals surface area contributed by atoms with Crippen molar-refractivity contribution in [2.45, 2.75) is 78.1 Å². The Labute approximate surface area is 164 Å². The molecule has 3 saturated carbocycles. The van der Waals surface area contributed by atoms with Gasteiger partial charge in [0.1, 0.15) is 12.4 Å². The minimum atomic E-state index is -0.0165. The van der Waals surface area contributed by atoms with Crippen molar-refractivity contribution >= 4 is 11.5 Å². The van der Waals surface area contributed by atoms with Gasteiger partial charge in [0.2, 0.25) is 0 Å². The molecule has 3 unspecified atom stereocenters. The normalized spacial score (nSPS) is 42.3. The predicted molar refractivity (Wildman–Crippen MR) is 108 cm³/mol. The lowest BCUT2D eigenvalue weighted by molar-refractivity contribution is -0.132. The Balaban J connectivity index is 1.48. The van der Waals surface area contributed by atoms with Crippen molar-refractivity contribution in [3.05, 3.63) is 11.6 Å². The highest BCUT2D eigenvalue weighted by Gasteiger charge is 2.58. The molecule has 4 aliphatic carbocycles. The number of carbonyl (C=O) groups is 1. The molecule has 5 atom stereocenters. The van der Waals surface area contributed by atoms with Crippen LogP contribution >= 0.6 is 0 Å². The van der Waals surface area contributed by atoms with Gasteiger partial charge in [-0.2, -0.15) is 0 Å². The van der Waals surface area contributed by atoms with Crippen LogP contribution in [0, 0.1) is 28.6 Å². The topological polar surface area (TPSA) is 64.7 Å². The van der Waals surface area contributed by atoms with Crippen LogP contribution in [0.4, 0.5) is 0 Å². The summed E-state index contributed by atoms with van der Waals surface area (Å²) in [6, 6.07) is 0. The summed E-state index contributed by atoms with van der Waals surface area (Å²) in [6.45, 7) is 6.15. The van der Waals surface area contributed by atoms with Gasteiger partial charge in [-0.05, 0) is 93.6 Å². The Kier molecular flexibility index (Phi) is 5.22. The van der Waals surface area contributed by atoms with Crippen LogP contribution in [0.15, 0.2) is 16.8 Å². The molecule has 150 valence electrons. The minimum absolute atomic E-state index is 0.0165. The first-order valence-corrected chi connectivity index (χ1v) is 11.1. The van der Waals surface area contributed by atoms with E-state index >= 15 is 0 Å². The smallest absolute Gasteiger partial charge is 0.139 e. The first kappa shape index (κ1) is 19.2. The molecule has 4 rings (SSSR count). The Morgan fingerprint density at radius 1 is 1.07 bits per heavy atom. The fraction of sp³-hybridized carbons (Fsp3) is 0.826. The molecule has 4 heteroatoms. The maximum atomic E-state index is 12.5. The largest absolute Gasteiger partial charge is 0.396 e. The van der Waals surface area contributed by atoms with Crippen LogP contribution in [0.3, 0.4) is 0 Å². The summed E-state index contributed by atoms with van der Waals surface area (Å²) in [5.74, 6) is 2.65. The van der Waals surface area contributed by atoms with Crippen molar-refractivity contribution in [3.8, 4) is 0 Å². The zero-order valence-corrected chi connectivity index (χ0v) is 17.1. The van der Waals surface area contributed by atoms with Crippen molar-refractivity contribution in [2.75, 3.05) is 13.2 Å². The predicted octanol–water partition coefficient (Wildman–Crippen LogP) is 4.63. The van der Waals surface area contributed by atoms with Crippen molar-refractivity contribution < 1.29 is 9.63 Å². The van der Waals surface area contributed by atoms with Crippen LogP contribution in [-0.4, -0.2) is 24.6 Å². The Hall–Kier alpha value is -1.16. The van der Waals surface area contributed by atoms with Gasteiger partial charge in [-0.1, -0.05) is 24.6 Å². The third kappa shape index (κ3) is 3.18. The fourth-order valence-corrected chi connectivity index (χ4v) is 6.85. The summed E-state index contributed by atoms with van der Waals surface area (Å²) in [6.07, 6.45) is 13.2. The van der Waals surface area contributed by atoms with Gasteiger partial charge in [-0.3, -0.25) is 4.79 Å². The van der Waals surface area contributed by atoms with Crippen LogP contribution in [0.25, 0.3) is 0 Å². The molecule has 4 aliphatic rings. The van der Waals surface area contributed by atoms with E-state index in [-0.39, 0.29) is 5.41 Å². The number of oxime groups is 1. The molecule has 27 heavy (non-hydrogen) atoms. The number of Topliss-reactive ketones (excluding diaryl/α,β-unsaturated/α-hetero) is 1. The molecule has 0 heterocycles. The van der Waals surface area contributed by atoms with E-state index in [1.54, 1.807) is 5.57 Å². The lowest BCUT2D eigenvalue weighted by Crippen LogP contribution is -2.50. The van der Waals surface area contributed by atoms with Gasteiger partial charge in [0.05, 0.1) is 5.71 Å². The first-order valence-electron chi connectivity index (χ1n) is 11.1. The number of ketones is 1. The highest BCUT2D eigenvalue weighted by molar-refractivity contribution is 5.96. The molecular weight excluding hydrogens is 336 g/mol. The van der Waals surface area contributed by atoms with Gasteiger partial charge >= 0.3 is 0 Å². The van der Waals surface area contributed by atoms with E-state index in [0.29, 0.717) is 23.7 Å². The number of fused-ring (bicyclic) bond motifs is 5. The molecule has 0 aromatic heterocycles. The average Bonchev–Trinajstić information content (AvgIpc) is 2.97. The number of unbranched alkanes of at least 4 members (excludes halogenated alkanes) is 1. The second kappa shape index (κ2) is 7.35. The van der Waals surface area contributed by atoms with Crippen molar-refractivity contribution in [1.82, 2.24) is 0 Å². The van der Waals surface area contributed by atoms with Crippen LogP contribution < -0.4 is 5.73 Å². The van der Waals surface area contributed by atoms with Crippen molar-refractivity contribution in [1.29, 1.82) is 0 Å². The van der Waals surface area contributed by atoms with Gasteiger partial charge in [-0.25, -0.2) is 0 Å². The highest BCUT2D eigenvalue weighted by Crippen LogP contribution is 2.64. The van der Waals surface area contributed by atoms with Crippen LogP contribution in [0.2, 0.25) is 0 Å². The molecule has 4 nitrogen and oxygen atoms in total. The Bertz CT molecular complexity index is 655. The molecule has 2 N–H and O–H groups in total. The molecule has 3 fully saturated rings. The van der Waals surface area contributed by atoms with E-state index in [1.807, 2.05) is 0 Å². The molecule has 0 aromatic rings.